The largest absolute Gasteiger partial charge is 0.431 e. The van der Waals surface area contributed by atoms with Gasteiger partial charge in [0.05, 0.1) is 4.70 Å². The fraction of sp³-hybridized carbons (Fsp3) is 0.409. The number of nitrogens with zero attached hydrogens (tertiary/aromatic N) is 3. The van der Waals surface area contributed by atoms with Crippen LogP contribution in [0.15, 0.2) is 36.5 Å². The summed E-state index contributed by atoms with van der Waals surface area (Å²) in [4.78, 5) is 20.0. The highest BCUT2D eigenvalue weighted by molar-refractivity contribution is 7.20. The number of amides is 1. The lowest BCUT2D eigenvalue weighted by molar-refractivity contribution is -0.106. The first kappa shape index (κ1) is 21.2. The van der Waals surface area contributed by atoms with Crippen molar-refractivity contribution in [2.75, 3.05) is 6.54 Å². The molecule has 3 aromatic rings. The fourth-order valence-corrected chi connectivity index (χ4v) is 4.43. The first-order valence-electron chi connectivity index (χ1n) is 9.82. The second kappa shape index (κ2) is 9.33. The van der Waals surface area contributed by atoms with Gasteiger partial charge in [-0.15, -0.1) is 0 Å². The van der Waals surface area contributed by atoms with E-state index in [1.807, 2.05) is 25.3 Å². The van der Waals surface area contributed by atoms with Crippen molar-refractivity contribution >= 4 is 28.1 Å². The van der Waals surface area contributed by atoms with Gasteiger partial charge in [0.15, 0.2) is 5.65 Å². The van der Waals surface area contributed by atoms with Crippen LogP contribution in [0.5, 0.6) is 10.9 Å². The summed E-state index contributed by atoms with van der Waals surface area (Å²) in [6, 6.07) is 10.5. The van der Waals surface area contributed by atoms with Crippen LogP contribution in [0, 0.1) is 6.92 Å². The van der Waals surface area contributed by atoms with Crippen LogP contribution in [-0.2, 0) is 11.3 Å². The first-order chi connectivity index (χ1) is 13.9. The number of aromatic nitrogens is 2. The van der Waals surface area contributed by atoms with Gasteiger partial charge in [-0.1, -0.05) is 29.9 Å². The van der Waals surface area contributed by atoms with Crippen molar-refractivity contribution in [1.29, 1.82) is 0 Å². The summed E-state index contributed by atoms with van der Waals surface area (Å²) in [6.07, 6.45) is 6.00. The zero-order valence-corrected chi connectivity index (χ0v) is 18.0. The monoisotopic (exact) mass is 412 g/mol. The molecule has 0 atom stereocenters. The molecule has 1 amide bonds. The molecule has 29 heavy (non-hydrogen) atoms. The Morgan fingerprint density at radius 3 is 2.69 bits per heavy atom. The highest BCUT2D eigenvalue weighted by Gasteiger charge is 2.29. The maximum Gasteiger partial charge on any atom is 0.281 e. The van der Waals surface area contributed by atoms with Crippen molar-refractivity contribution in [3.8, 4) is 10.9 Å². The van der Waals surface area contributed by atoms with Crippen LogP contribution in [0.1, 0.15) is 44.2 Å². The molecule has 0 spiro atoms. The van der Waals surface area contributed by atoms with E-state index in [1.54, 1.807) is 0 Å². The average Bonchev–Trinajstić information content (AvgIpc) is 3.07. The summed E-state index contributed by atoms with van der Waals surface area (Å²) in [5.41, 5.74) is 7.67. The van der Waals surface area contributed by atoms with Gasteiger partial charge in [-0.3, -0.25) is 9.69 Å². The van der Waals surface area contributed by atoms with Crippen LogP contribution < -0.4 is 10.5 Å². The number of carbonyl (C=O) groups is 1. The second-order valence-electron chi connectivity index (χ2n) is 7.89. The summed E-state index contributed by atoms with van der Waals surface area (Å²) >= 11 is 1.53. The molecule has 1 aliphatic rings. The lowest BCUT2D eigenvalue weighted by atomic mass is 9.90. The van der Waals surface area contributed by atoms with Gasteiger partial charge in [0.1, 0.15) is 5.75 Å². The van der Waals surface area contributed by atoms with Gasteiger partial charge in [-0.2, -0.15) is 4.98 Å². The lowest BCUT2D eigenvalue weighted by Gasteiger charge is -2.42. The molecule has 0 unspecified atom stereocenters. The van der Waals surface area contributed by atoms with E-state index in [2.05, 4.69) is 52.6 Å². The SMILES string of the molecule is Cc1cnc2nc(Oc3ccc(CN4CCCCC4(C)C)cc3)sc2c1.NC=O. The third-order valence-corrected chi connectivity index (χ3v) is 6.06. The van der Waals surface area contributed by atoms with Gasteiger partial charge in [0, 0.05) is 18.3 Å². The third-order valence-electron chi connectivity index (χ3n) is 5.19. The number of primary amides is 1. The quantitative estimate of drug-likeness (QED) is 0.631. The number of pyridine rings is 1. The number of nitrogens with two attached hydrogens (primary N) is 1. The molecule has 1 aliphatic heterocycles. The number of piperidine rings is 1. The summed E-state index contributed by atoms with van der Waals surface area (Å²) < 4.78 is 7.00. The van der Waals surface area contributed by atoms with Gasteiger partial charge in [-0.25, -0.2) is 4.98 Å². The summed E-state index contributed by atoms with van der Waals surface area (Å²) in [5.74, 6) is 0.822. The first-order valence-corrected chi connectivity index (χ1v) is 10.6. The Balaban J connectivity index is 0.000000755. The van der Waals surface area contributed by atoms with Gasteiger partial charge >= 0.3 is 0 Å². The minimum absolute atomic E-state index is 0.250. The van der Waals surface area contributed by atoms with Crippen molar-refractivity contribution in [1.82, 2.24) is 14.9 Å². The van der Waals surface area contributed by atoms with Crippen LogP contribution >= 0.6 is 11.3 Å². The minimum Gasteiger partial charge on any atom is -0.431 e. The molecule has 0 radical (unpaired) electrons. The number of ether oxygens (including phenoxy) is 1. The van der Waals surface area contributed by atoms with E-state index < -0.39 is 0 Å². The maximum absolute atomic E-state index is 8.58. The molecule has 0 bridgehead atoms. The molecule has 2 aromatic heterocycles. The van der Waals surface area contributed by atoms with Crippen LogP contribution in [-0.4, -0.2) is 33.4 Å². The van der Waals surface area contributed by atoms with E-state index in [9.17, 15) is 0 Å². The summed E-state index contributed by atoms with van der Waals surface area (Å²) in [7, 11) is 0. The standard InChI is InChI=1S/C21H25N3OS.CH3NO/c1-15-12-18-19(22-13-15)23-20(26-18)25-17-8-6-16(7-9-17)14-24-11-5-4-10-21(24,2)3;2-1-3/h6-9,12-13H,4-5,10-11,14H2,1-3H3;1H,(H2,2,3). The van der Waals surface area contributed by atoms with Crippen LogP contribution in [0.4, 0.5) is 0 Å². The van der Waals surface area contributed by atoms with E-state index in [4.69, 9.17) is 9.53 Å². The number of fused-ring (bicyclic) bond motifs is 1. The Hall–Kier alpha value is -2.51. The molecular formula is C22H28N4O2S. The smallest absolute Gasteiger partial charge is 0.281 e. The average molecular weight is 413 g/mol. The zero-order valence-electron chi connectivity index (χ0n) is 17.2. The Bertz CT molecular complexity index is 953. The van der Waals surface area contributed by atoms with E-state index >= 15 is 0 Å². The van der Waals surface area contributed by atoms with Crippen molar-refractivity contribution in [3.63, 3.8) is 0 Å². The lowest BCUT2D eigenvalue weighted by Crippen LogP contribution is -2.46. The molecule has 7 heteroatoms. The molecule has 0 aliphatic carbocycles. The minimum atomic E-state index is 0.250. The Morgan fingerprint density at radius 2 is 2.00 bits per heavy atom. The van der Waals surface area contributed by atoms with Crippen molar-refractivity contribution < 1.29 is 9.53 Å². The second-order valence-corrected chi connectivity index (χ2v) is 8.88. The Kier molecular flexibility index (Phi) is 6.82. The molecule has 1 aromatic carbocycles. The third kappa shape index (κ3) is 5.52. The molecule has 154 valence electrons. The van der Waals surface area contributed by atoms with E-state index in [1.165, 1.54) is 42.7 Å². The molecule has 1 fully saturated rings. The van der Waals surface area contributed by atoms with Crippen molar-refractivity contribution in [2.45, 2.75) is 52.1 Å². The molecule has 4 rings (SSSR count). The van der Waals surface area contributed by atoms with Crippen LogP contribution in [0.2, 0.25) is 0 Å². The number of rotatable bonds is 4. The van der Waals surface area contributed by atoms with E-state index in [0.717, 1.165) is 28.2 Å². The number of aryl methyl sites for hydroxylation is 1. The van der Waals surface area contributed by atoms with Crippen LogP contribution in [0.25, 0.3) is 10.3 Å². The number of likely N-dealkylation sites (tertiary alicyclic amines) is 1. The van der Waals surface area contributed by atoms with Gasteiger partial charge in [0.2, 0.25) is 6.41 Å². The predicted molar refractivity (Wildman–Crippen MR) is 117 cm³/mol. The Morgan fingerprint density at radius 1 is 1.28 bits per heavy atom. The zero-order chi connectivity index (χ0) is 20.9. The normalized spacial score (nSPS) is 16.1. The molecule has 2 N–H and O–H groups in total. The van der Waals surface area contributed by atoms with Crippen molar-refractivity contribution in [3.05, 3.63) is 47.7 Å². The fourth-order valence-electron chi connectivity index (χ4n) is 3.54. The molecule has 0 saturated carbocycles. The molecule has 1 saturated heterocycles. The summed E-state index contributed by atoms with van der Waals surface area (Å²) in [6.45, 7) is 8.93. The van der Waals surface area contributed by atoms with Gasteiger partial charge in [0.25, 0.3) is 5.19 Å². The van der Waals surface area contributed by atoms with Crippen LogP contribution in [0.3, 0.4) is 0 Å². The highest BCUT2D eigenvalue weighted by atomic mass is 32.1. The molecule has 6 nitrogen and oxygen atoms in total. The van der Waals surface area contributed by atoms with Gasteiger partial charge < -0.3 is 10.5 Å². The topological polar surface area (TPSA) is 81.3 Å². The number of hydrogen-bond donors (Lipinski definition) is 1. The Labute approximate surface area is 175 Å². The van der Waals surface area contributed by atoms with E-state index in [0.29, 0.717) is 10.7 Å². The summed E-state index contributed by atoms with van der Waals surface area (Å²) in [5, 5.41) is 0.642. The molecular weight excluding hydrogens is 384 g/mol. The number of carbonyl (C=O) groups excluding carboxylic acids is 1. The predicted octanol–water partition coefficient (Wildman–Crippen LogP) is 4.66. The van der Waals surface area contributed by atoms with Gasteiger partial charge in [-0.05, 0) is 69.5 Å². The highest BCUT2D eigenvalue weighted by Crippen LogP contribution is 2.32. The van der Waals surface area contributed by atoms with Crippen molar-refractivity contribution in [2.24, 2.45) is 5.73 Å². The molecule has 3 heterocycles. The van der Waals surface area contributed by atoms with E-state index in [-0.39, 0.29) is 6.41 Å². The number of thiazole rings is 1. The maximum atomic E-state index is 8.58. The number of hydrogen-bond acceptors (Lipinski definition) is 6. The number of benzene rings is 1.